The van der Waals surface area contributed by atoms with Crippen molar-refractivity contribution in [1.82, 2.24) is 0 Å². The van der Waals surface area contributed by atoms with Gasteiger partial charge in [0, 0.05) is 11.4 Å². The van der Waals surface area contributed by atoms with E-state index in [4.69, 9.17) is 4.74 Å². The highest BCUT2D eigenvalue weighted by Gasteiger charge is 2.20. The summed E-state index contributed by atoms with van der Waals surface area (Å²) in [4.78, 5) is 9.84. The van der Waals surface area contributed by atoms with Crippen molar-refractivity contribution in [2.45, 2.75) is 6.10 Å². The van der Waals surface area contributed by atoms with E-state index in [0.717, 1.165) is 12.1 Å². The van der Waals surface area contributed by atoms with Crippen molar-refractivity contribution in [1.29, 1.82) is 0 Å². The summed E-state index contributed by atoms with van der Waals surface area (Å²) >= 11 is 3.00. The van der Waals surface area contributed by atoms with Crippen LogP contribution in [0.25, 0.3) is 0 Å². The number of nitro benzene ring substituents is 1. The van der Waals surface area contributed by atoms with Crippen LogP contribution in [0.5, 0.6) is 5.75 Å². The summed E-state index contributed by atoms with van der Waals surface area (Å²) in [6.07, 6.45) is -0.848. The first-order chi connectivity index (χ1) is 7.56. The molecule has 0 aliphatic rings. The number of aliphatic hydroxyl groups is 1. The Bertz CT molecular complexity index is 388. The van der Waals surface area contributed by atoms with Crippen molar-refractivity contribution in [3.8, 4) is 5.75 Å². The normalized spacial score (nSPS) is 12.2. The second-order valence-corrected chi connectivity index (χ2v) is 3.61. The molecule has 1 rings (SSSR count). The van der Waals surface area contributed by atoms with Crippen LogP contribution in [0.15, 0.2) is 18.2 Å². The Morgan fingerprint density at radius 1 is 1.62 bits per heavy atom. The van der Waals surface area contributed by atoms with E-state index in [1.807, 2.05) is 0 Å². The monoisotopic (exact) mass is 293 g/mol. The standard InChI is InChI=1S/C9H9BrFNO4/c10-4-6(13)5-16-9-7(11)2-1-3-8(9)12(14)15/h1-3,6,13H,4-5H2. The minimum absolute atomic E-state index is 0.215. The average Bonchev–Trinajstić information content (AvgIpc) is 2.26. The van der Waals surface area contributed by atoms with Gasteiger partial charge < -0.3 is 9.84 Å². The summed E-state index contributed by atoms with van der Waals surface area (Å²) in [6, 6.07) is 3.42. The number of rotatable bonds is 5. The maximum Gasteiger partial charge on any atom is 0.314 e. The van der Waals surface area contributed by atoms with Gasteiger partial charge in [-0.1, -0.05) is 22.0 Å². The molecule has 7 heteroatoms. The number of hydrogen-bond donors (Lipinski definition) is 1. The lowest BCUT2D eigenvalue weighted by atomic mass is 10.3. The summed E-state index contributed by atoms with van der Waals surface area (Å²) in [6.45, 7) is -0.215. The first-order valence-corrected chi connectivity index (χ1v) is 5.48. The average molecular weight is 294 g/mol. The third-order valence-corrected chi connectivity index (χ3v) is 2.49. The minimum Gasteiger partial charge on any atom is -0.482 e. The maximum atomic E-state index is 13.2. The van der Waals surface area contributed by atoms with Crippen LogP contribution in [0.1, 0.15) is 0 Å². The van der Waals surface area contributed by atoms with Gasteiger partial charge in [-0.25, -0.2) is 4.39 Å². The van der Waals surface area contributed by atoms with Crippen molar-refractivity contribution in [2.24, 2.45) is 0 Å². The zero-order valence-corrected chi connectivity index (χ0v) is 9.68. The number of nitro groups is 1. The topological polar surface area (TPSA) is 72.6 Å². The molecule has 0 bridgehead atoms. The van der Waals surface area contributed by atoms with E-state index in [1.165, 1.54) is 6.07 Å². The molecule has 1 atom stereocenters. The molecule has 0 amide bonds. The molecule has 0 heterocycles. The zero-order chi connectivity index (χ0) is 12.1. The second kappa shape index (κ2) is 5.76. The van der Waals surface area contributed by atoms with Gasteiger partial charge in [-0.3, -0.25) is 10.1 Å². The molecule has 0 saturated carbocycles. The van der Waals surface area contributed by atoms with E-state index in [0.29, 0.717) is 0 Å². The Labute approximate surface area is 99.1 Å². The molecular formula is C9H9BrFNO4. The van der Waals surface area contributed by atoms with E-state index in [9.17, 15) is 19.6 Å². The summed E-state index contributed by atoms with van der Waals surface area (Å²) in [7, 11) is 0. The number of nitrogens with zero attached hydrogens (tertiary/aromatic N) is 1. The number of ether oxygens (including phenoxy) is 1. The highest BCUT2D eigenvalue weighted by Crippen LogP contribution is 2.29. The highest BCUT2D eigenvalue weighted by molar-refractivity contribution is 9.09. The molecule has 1 aromatic rings. The first-order valence-electron chi connectivity index (χ1n) is 4.36. The van der Waals surface area contributed by atoms with Gasteiger partial charge in [0.15, 0.2) is 5.82 Å². The van der Waals surface area contributed by atoms with Crippen LogP contribution < -0.4 is 4.74 Å². The van der Waals surface area contributed by atoms with Gasteiger partial charge in [0.1, 0.15) is 6.61 Å². The van der Waals surface area contributed by atoms with Crippen LogP contribution in [0.2, 0.25) is 0 Å². The van der Waals surface area contributed by atoms with Crippen LogP contribution in [0.3, 0.4) is 0 Å². The fourth-order valence-corrected chi connectivity index (χ4v) is 1.20. The lowest BCUT2D eigenvalue weighted by Crippen LogP contribution is -2.19. The molecule has 1 N–H and O–H groups in total. The summed E-state index contributed by atoms with van der Waals surface area (Å²) in [5.41, 5.74) is -0.457. The van der Waals surface area contributed by atoms with Crippen molar-refractivity contribution >= 4 is 21.6 Å². The minimum atomic E-state index is -0.848. The van der Waals surface area contributed by atoms with Crippen LogP contribution in [-0.2, 0) is 0 Å². The number of halogens is 2. The lowest BCUT2D eigenvalue weighted by Gasteiger charge is -2.10. The summed E-state index contributed by atoms with van der Waals surface area (Å²) in [5, 5.41) is 20.0. The molecule has 5 nitrogen and oxygen atoms in total. The van der Waals surface area contributed by atoms with Crippen LogP contribution in [-0.4, -0.2) is 28.1 Å². The fraction of sp³-hybridized carbons (Fsp3) is 0.333. The van der Waals surface area contributed by atoms with E-state index in [2.05, 4.69) is 15.9 Å². The molecule has 88 valence electrons. The smallest absolute Gasteiger partial charge is 0.314 e. The van der Waals surface area contributed by atoms with Crippen molar-refractivity contribution in [3.63, 3.8) is 0 Å². The molecule has 0 aliphatic heterocycles. The fourth-order valence-electron chi connectivity index (χ4n) is 1.01. The summed E-state index contributed by atoms with van der Waals surface area (Å²) in [5.74, 6) is -1.27. The Morgan fingerprint density at radius 2 is 2.31 bits per heavy atom. The van der Waals surface area contributed by atoms with E-state index >= 15 is 0 Å². The van der Waals surface area contributed by atoms with E-state index < -0.39 is 28.3 Å². The van der Waals surface area contributed by atoms with Gasteiger partial charge in [-0.05, 0) is 6.07 Å². The number of hydrogen-bond acceptors (Lipinski definition) is 4. The summed E-state index contributed by atoms with van der Waals surface area (Å²) < 4.78 is 18.1. The molecule has 0 aromatic heterocycles. The highest BCUT2D eigenvalue weighted by atomic mass is 79.9. The molecule has 1 aromatic carbocycles. The van der Waals surface area contributed by atoms with Crippen LogP contribution in [0, 0.1) is 15.9 Å². The molecule has 1 unspecified atom stereocenters. The van der Waals surface area contributed by atoms with E-state index in [1.54, 1.807) is 0 Å². The SMILES string of the molecule is O=[N+]([O-])c1cccc(F)c1OCC(O)CBr. The third kappa shape index (κ3) is 3.14. The zero-order valence-electron chi connectivity index (χ0n) is 8.10. The Hall–Kier alpha value is -1.21. The largest absolute Gasteiger partial charge is 0.482 e. The van der Waals surface area contributed by atoms with Crippen LogP contribution in [0.4, 0.5) is 10.1 Å². The first kappa shape index (κ1) is 12.9. The van der Waals surface area contributed by atoms with Gasteiger partial charge >= 0.3 is 5.69 Å². The molecule has 0 aliphatic carbocycles. The van der Waals surface area contributed by atoms with Crippen molar-refractivity contribution in [2.75, 3.05) is 11.9 Å². The van der Waals surface area contributed by atoms with Gasteiger partial charge in [0.05, 0.1) is 11.0 Å². The third-order valence-electron chi connectivity index (χ3n) is 1.74. The van der Waals surface area contributed by atoms with Crippen LogP contribution >= 0.6 is 15.9 Å². The van der Waals surface area contributed by atoms with Gasteiger partial charge in [0.2, 0.25) is 5.75 Å². The van der Waals surface area contributed by atoms with Crippen molar-refractivity contribution < 1.29 is 19.2 Å². The molecule has 0 fully saturated rings. The predicted molar refractivity (Wildman–Crippen MR) is 58.4 cm³/mol. The predicted octanol–water partition coefficient (Wildman–Crippen LogP) is 1.87. The van der Waals surface area contributed by atoms with Crippen molar-refractivity contribution in [3.05, 3.63) is 34.1 Å². The molecule has 16 heavy (non-hydrogen) atoms. The molecule has 0 spiro atoms. The van der Waals surface area contributed by atoms with Gasteiger partial charge in [-0.2, -0.15) is 0 Å². The maximum absolute atomic E-state index is 13.2. The number of alkyl halides is 1. The Balaban J connectivity index is 2.88. The van der Waals surface area contributed by atoms with Gasteiger partial charge in [-0.15, -0.1) is 0 Å². The number of benzene rings is 1. The quantitative estimate of drug-likeness (QED) is 0.511. The van der Waals surface area contributed by atoms with Gasteiger partial charge in [0.25, 0.3) is 0 Å². The molecular weight excluding hydrogens is 285 g/mol. The molecule has 0 saturated heterocycles. The van der Waals surface area contributed by atoms with E-state index in [-0.39, 0.29) is 11.9 Å². The second-order valence-electron chi connectivity index (χ2n) is 2.96. The Morgan fingerprint density at radius 3 is 2.88 bits per heavy atom. The number of aliphatic hydroxyl groups excluding tert-OH is 1. The number of para-hydroxylation sites is 1. The lowest BCUT2D eigenvalue weighted by molar-refractivity contribution is -0.386. The molecule has 0 radical (unpaired) electrons. The Kier molecular flexibility index (Phi) is 4.63.